The number of nitrogens with one attached hydrogen (secondary N) is 1. The minimum absolute atomic E-state index is 0.129. The van der Waals surface area contributed by atoms with Crippen LogP contribution < -0.4 is 11.1 Å². The maximum atomic E-state index is 12.4. The number of nitrogens with two attached hydrogens (primary N) is 1. The molecule has 0 bridgehead atoms. The highest BCUT2D eigenvalue weighted by atomic mass is 79.9. The molecule has 1 aliphatic rings. The number of amides is 1. The average Bonchev–Trinajstić information content (AvgIpc) is 2.33. The van der Waals surface area contributed by atoms with E-state index in [1.54, 1.807) is 0 Å². The van der Waals surface area contributed by atoms with Crippen LogP contribution >= 0.6 is 15.9 Å². The van der Waals surface area contributed by atoms with Gasteiger partial charge < -0.3 is 11.1 Å². The molecular weight excluding hydrogens is 316 g/mol. The maximum absolute atomic E-state index is 12.4. The lowest BCUT2D eigenvalue weighted by Crippen LogP contribution is -2.24. The second-order valence-corrected chi connectivity index (χ2v) is 6.63. The lowest BCUT2D eigenvalue weighted by Gasteiger charge is -2.20. The van der Waals surface area contributed by atoms with Crippen molar-refractivity contribution in [2.45, 2.75) is 51.9 Å². The van der Waals surface area contributed by atoms with Crippen LogP contribution in [0.15, 0.2) is 16.6 Å². The molecule has 4 heteroatoms. The van der Waals surface area contributed by atoms with Crippen molar-refractivity contribution in [3.05, 3.63) is 22.2 Å². The van der Waals surface area contributed by atoms with Crippen molar-refractivity contribution in [1.29, 1.82) is 0 Å². The van der Waals surface area contributed by atoms with Gasteiger partial charge in [-0.1, -0.05) is 48.0 Å². The molecule has 0 spiro atoms. The summed E-state index contributed by atoms with van der Waals surface area (Å²) in [6, 6.07) is 3.81. The molecule has 20 heavy (non-hydrogen) atoms. The van der Waals surface area contributed by atoms with Gasteiger partial charge in [0, 0.05) is 10.4 Å². The van der Waals surface area contributed by atoms with Crippen LogP contribution in [0.2, 0.25) is 0 Å². The minimum Gasteiger partial charge on any atom is -0.397 e. The Hall–Kier alpha value is -1.03. The molecule has 110 valence electrons. The fraction of sp³-hybridized carbons (Fsp3) is 0.562. The van der Waals surface area contributed by atoms with Gasteiger partial charge in [0.2, 0.25) is 5.91 Å². The summed E-state index contributed by atoms with van der Waals surface area (Å²) in [5.74, 6) is 0.266. The molecule has 1 aromatic rings. The van der Waals surface area contributed by atoms with E-state index in [0.29, 0.717) is 5.69 Å². The summed E-state index contributed by atoms with van der Waals surface area (Å²) < 4.78 is 0.941. The van der Waals surface area contributed by atoms with Crippen molar-refractivity contribution >= 4 is 33.2 Å². The number of carbonyl (C=O) groups is 1. The highest BCUT2D eigenvalue weighted by Gasteiger charge is 2.20. The van der Waals surface area contributed by atoms with E-state index in [2.05, 4.69) is 21.2 Å². The number of anilines is 2. The number of rotatable bonds is 2. The van der Waals surface area contributed by atoms with Crippen molar-refractivity contribution < 1.29 is 4.79 Å². The molecule has 1 amide bonds. The van der Waals surface area contributed by atoms with Crippen LogP contribution in [0.4, 0.5) is 11.4 Å². The summed E-state index contributed by atoms with van der Waals surface area (Å²) in [6.07, 6.45) is 8.14. The number of aryl methyl sites for hydroxylation is 1. The third-order valence-electron chi connectivity index (χ3n) is 4.05. The fourth-order valence-electron chi connectivity index (χ4n) is 2.88. The Bertz CT molecular complexity index is 456. The predicted octanol–water partition coefficient (Wildman–Crippen LogP) is 4.64. The van der Waals surface area contributed by atoms with Crippen molar-refractivity contribution in [1.82, 2.24) is 0 Å². The minimum atomic E-state index is 0.129. The third-order valence-corrected chi connectivity index (χ3v) is 4.51. The van der Waals surface area contributed by atoms with Crippen LogP contribution in [0.25, 0.3) is 0 Å². The van der Waals surface area contributed by atoms with E-state index >= 15 is 0 Å². The summed E-state index contributed by atoms with van der Waals surface area (Å²) in [5.41, 5.74) is 8.39. The van der Waals surface area contributed by atoms with Crippen LogP contribution in [0.1, 0.15) is 50.5 Å². The summed E-state index contributed by atoms with van der Waals surface area (Å²) >= 11 is 3.42. The van der Waals surface area contributed by atoms with Crippen LogP contribution in [-0.2, 0) is 4.79 Å². The second-order valence-electron chi connectivity index (χ2n) is 5.72. The summed E-state index contributed by atoms with van der Waals surface area (Å²) in [6.45, 7) is 1.97. The highest BCUT2D eigenvalue weighted by molar-refractivity contribution is 9.10. The number of carbonyl (C=O) groups excluding carboxylic acids is 1. The topological polar surface area (TPSA) is 55.1 Å². The predicted molar refractivity (Wildman–Crippen MR) is 87.7 cm³/mol. The van der Waals surface area contributed by atoms with E-state index in [9.17, 15) is 4.79 Å². The monoisotopic (exact) mass is 338 g/mol. The normalized spacial score (nSPS) is 17.3. The summed E-state index contributed by atoms with van der Waals surface area (Å²) in [4.78, 5) is 12.4. The first-order valence-electron chi connectivity index (χ1n) is 7.44. The molecule has 0 saturated heterocycles. The summed E-state index contributed by atoms with van der Waals surface area (Å²) in [7, 11) is 0. The van der Waals surface area contributed by atoms with Crippen molar-refractivity contribution in [2.75, 3.05) is 11.1 Å². The van der Waals surface area contributed by atoms with E-state index < -0.39 is 0 Å². The molecule has 3 nitrogen and oxygen atoms in total. The first kappa shape index (κ1) is 15.4. The van der Waals surface area contributed by atoms with Crippen molar-refractivity contribution in [3.63, 3.8) is 0 Å². The quantitative estimate of drug-likeness (QED) is 0.771. The number of hydrogen-bond donors (Lipinski definition) is 2. The molecule has 0 aliphatic heterocycles. The van der Waals surface area contributed by atoms with Gasteiger partial charge in [0.15, 0.2) is 0 Å². The molecule has 0 radical (unpaired) electrons. The molecule has 0 atom stereocenters. The molecule has 0 heterocycles. The van der Waals surface area contributed by atoms with Crippen molar-refractivity contribution in [3.8, 4) is 0 Å². The molecule has 1 saturated carbocycles. The second kappa shape index (κ2) is 7.11. The lowest BCUT2D eigenvalue weighted by atomic mass is 9.90. The van der Waals surface area contributed by atoms with E-state index in [1.807, 2.05) is 19.1 Å². The molecule has 1 fully saturated rings. The smallest absolute Gasteiger partial charge is 0.227 e. The van der Waals surface area contributed by atoms with Gasteiger partial charge in [-0.3, -0.25) is 4.79 Å². The zero-order chi connectivity index (χ0) is 14.5. The van der Waals surface area contributed by atoms with Crippen LogP contribution in [-0.4, -0.2) is 5.91 Å². The third kappa shape index (κ3) is 3.98. The molecular formula is C16H23BrN2O. The average molecular weight is 339 g/mol. The number of nitrogen functional groups attached to an aromatic ring is 1. The number of halogens is 1. The van der Waals surface area contributed by atoms with Gasteiger partial charge >= 0.3 is 0 Å². The van der Waals surface area contributed by atoms with E-state index in [-0.39, 0.29) is 11.8 Å². The van der Waals surface area contributed by atoms with Gasteiger partial charge in [-0.05, 0) is 37.5 Å². The van der Waals surface area contributed by atoms with Gasteiger partial charge in [-0.25, -0.2) is 0 Å². The largest absolute Gasteiger partial charge is 0.397 e. The first-order valence-corrected chi connectivity index (χ1v) is 8.23. The molecule has 1 aromatic carbocycles. The first-order chi connectivity index (χ1) is 9.58. The molecule has 2 rings (SSSR count). The molecule has 3 N–H and O–H groups in total. The van der Waals surface area contributed by atoms with Crippen LogP contribution in [0, 0.1) is 12.8 Å². The Morgan fingerprint density at radius 3 is 2.40 bits per heavy atom. The van der Waals surface area contributed by atoms with E-state index in [0.717, 1.165) is 41.4 Å². The van der Waals surface area contributed by atoms with E-state index in [1.165, 1.54) is 19.3 Å². The van der Waals surface area contributed by atoms with Gasteiger partial charge in [-0.2, -0.15) is 0 Å². The Balaban J connectivity index is 2.06. The molecule has 0 unspecified atom stereocenters. The summed E-state index contributed by atoms with van der Waals surface area (Å²) in [5, 5.41) is 3.04. The zero-order valence-corrected chi connectivity index (χ0v) is 13.6. The Kier molecular flexibility index (Phi) is 5.46. The van der Waals surface area contributed by atoms with Crippen LogP contribution in [0.3, 0.4) is 0 Å². The highest BCUT2D eigenvalue weighted by Crippen LogP contribution is 2.30. The fourth-order valence-corrected chi connectivity index (χ4v) is 3.47. The SMILES string of the molecule is Cc1cc(Br)cc(N)c1NC(=O)C1CCCCCCC1. The van der Waals surface area contributed by atoms with Gasteiger partial charge in [-0.15, -0.1) is 0 Å². The van der Waals surface area contributed by atoms with Crippen LogP contribution in [0.5, 0.6) is 0 Å². The zero-order valence-electron chi connectivity index (χ0n) is 12.0. The Morgan fingerprint density at radius 1 is 1.20 bits per heavy atom. The Morgan fingerprint density at radius 2 is 1.80 bits per heavy atom. The molecule has 1 aliphatic carbocycles. The lowest BCUT2D eigenvalue weighted by molar-refractivity contribution is -0.120. The number of hydrogen-bond acceptors (Lipinski definition) is 2. The maximum Gasteiger partial charge on any atom is 0.227 e. The van der Waals surface area contributed by atoms with E-state index in [4.69, 9.17) is 5.73 Å². The van der Waals surface area contributed by atoms with Gasteiger partial charge in [0.1, 0.15) is 0 Å². The van der Waals surface area contributed by atoms with Crippen molar-refractivity contribution in [2.24, 2.45) is 5.92 Å². The molecule has 0 aromatic heterocycles. The standard InChI is InChI=1S/C16H23BrN2O/c1-11-9-13(17)10-14(18)15(11)19-16(20)12-7-5-3-2-4-6-8-12/h9-10,12H,2-8,18H2,1H3,(H,19,20). The number of benzene rings is 1. The van der Waals surface area contributed by atoms with Gasteiger partial charge in [0.05, 0.1) is 11.4 Å². The Labute approximate surface area is 129 Å². The van der Waals surface area contributed by atoms with Gasteiger partial charge in [0.25, 0.3) is 0 Å².